The van der Waals surface area contributed by atoms with Gasteiger partial charge in [-0.15, -0.1) is 0 Å². The van der Waals surface area contributed by atoms with Gasteiger partial charge in [0.05, 0.1) is 5.60 Å². The van der Waals surface area contributed by atoms with E-state index in [9.17, 15) is 4.79 Å². The summed E-state index contributed by atoms with van der Waals surface area (Å²) in [7, 11) is 0. The van der Waals surface area contributed by atoms with Gasteiger partial charge in [0.25, 0.3) is 0 Å². The van der Waals surface area contributed by atoms with E-state index in [4.69, 9.17) is 4.84 Å². The fourth-order valence-corrected chi connectivity index (χ4v) is 1.92. The molecule has 70 valence electrons. The van der Waals surface area contributed by atoms with Gasteiger partial charge in [-0.05, 0) is 25.7 Å². The van der Waals surface area contributed by atoms with E-state index in [2.05, 4.69) is 19.3 Å². The van der Waals surface area contributed by atoms with Crippen molar-refractivity contribution < 1.29 is 9.63 Å². The molecule has 1 rings (SSSR count). The second-order valence-electron chi connectivity index (χ2n) is 4.90. The molecule has 1 aliphatic heterocycles. The first-order chi connectivity index (χ1) is 5.31. The van der Waals surface area contributed by atoms with Crippen LogP contribution in [0.3, 0.4) is 0 Å². The van der Waals surface area contributed by atoms with Crippen molar-refractivity contribution in [1.82, 2.24) is 5.48 Å². The molecule has 0 aromatic heterocycles. The highest BCUT2D eigenvalue weighted by Crippen LogP contribution is 2.34. The molecule has 0 atom stereocenters. The first kappa shape index (κ1) is 9.52. The molecule has 3 heteroatoms. The fourth-order valence-electron chi connectivity index (χ4n) is 1.92. The summed E-state index contributed by atoms with van der Waals surface area (Å²) in [6.07, 6.45) is 1.43. The molecule has 1 saturated heterocycles. The molecule has 0 saturated carbocycles. The summed E-state index contributed by atoms with van der Waals surface area (Å²) in [6.45, 7) is 8.15. The summed E-state index contributed by atoms with van der Waals surface area (Å²) in [6, 6.07) is 0. The van der Waals surface area contributed by atoms with Crippen LogP contribution in [0.15, 0.2) is 0 Å². The minimum atomic E-state index is -0.254. The van der Waals surface area contributed by atoms with Crippen molar-refractivity contribution in [1.29, 1.82) is 0 Å². The Kier molecular flexibility index (Phi) is 2.17. The number of carbonyl (C=O) groups is 1. The molecular formula is C9H17NO2. The van der Waals surface area contributed by atoms with E-state index in [0.717, 1.165) is 6.42 Å². The number of carbonyl (C=O) groups excluding carboxylic acids is 1. The zero-order valence-corrected chi connectivity index (χ0v) is 8.23. The number of hydrogen-bond acceptors (Lipinski definition) is 2. The Morgan fingerprint density at radius 2 is 1.92 bits per heavy atom. The molecule has 0 bridgehead atoms. The second-order valence-corrected chi connectivity index (χ2v) is 4.90. The predicted molar refractivity (Wildman–Crippen MR) is 46.3 cm³/mol. The average Bonchev–Trinajstić information content (AvgIpc) is 1.86. The maximum atomic E-state index is 11.2. The molecule has 1 heterocycles. The summed E-state index contributed by atoms with van der Waals surface area (Å²) >= 11 is 0. The Labute approximate surface area is 73.4 Å². The standard InChI is InChI=1S/C9H17NO2/c1-8(2)5-7(11)10-12-9(3,4)6-8/h5-6H2,1-4H3,(H,10,11). The van der Waals surface area contributed by atoms with E-state index in [-0.39, 0.29) is 16.9 Å². The number of rotatable bonds is 0. The molecule has 0 radical (unpaired) electrons. The lowest BCUT2D eigenvalue weighted by Crippen LogP contribution is -2.32. The van der Waals surface area contributed by atoms with Crippen LogP contribution in [0.5, 0.6) is 0 Å². The minimum absolute atomic E-state index is 0.0226. The van der Waals surface area contributed by atoms with Crippen molar-refractivity contribution in [3.63, 3.8) is 0 Å². The number of hydrogen-bond donors (Lipinski definition) is 1. The van der Waals surface area contributed by atoms with Crippen LogP contribution in [-0.2, 0) is 9.63 Å². The van der Waals surface area contributed by atoms with Gasteiger partial charge in [-0.25, -0.2) is 5.48 Å². The minimum Gasteiger partial charge on any atom is -0.273 e. The molecule has 0 unspecified atom stereocenters. The normalized spacial score (nSPS) is 27.5. The smallest absolute Gasteiger partial charge is 0.244 e. The van der Waals surface area contributed by atoms with E-state index in [0.29, 0.717) is 6.42 Å². The number of amides is 1. The Hall–Kier alpha value is -0.570. The molecule has 12 heavy (non-hydrogen) atoms. The van der Waals surface area contributed by atoms with Crippen LogP contribution in [-0.4, -0.2) is 11.5 Å². The Morgan fingerprint density at radius 3 is 2.50 bits per heavy atom. The highest BCUT2D eigenvalue weighted by Gasteiger charge is 2.35. The van der Waals surface area contributed by atoms with E-state index in [1.54, 1.807) is 0 Å². The van der Waals surface area contributed by atoms with Gasteiger partial charge in [0, 0.05) is 6.42 Å². The molecule has 1 amide bonds. The van der Waals surface area contributed by atoms with Crippen molar-refractivity contribution in [2.45, 2.75) is 46.1 Å². The molecule has 1 aliphatic rings. The van der Waals surface area contributed by atoms with Gasteiger partial charge in [-0.3, -0.25) is 9.63 Å². The summed E-state index contributed by atoms with van der Waals surface area (Å²) in [5, 5.41) is 0. The van der Waals surface area contributed by atoms with Gasteiger partial charge in [-0.1, -0.05) is 13.8 Å². The van der Waals surface area contributed by atoms with Gasteiger partial charge in [0.1, 0.15) is 0 Å². The number of nitrogens with one attached hydrogen (secondary N) is 1. The molecule has 0 aliphatic carbocycles. The van der Waals surface area contributed by atoms with Gasteiger partial charge in [0.2, 0.25) is 5.91 Å². The quantitative estimate of drug-likeness (QED) is 0.601. The average molecular weight is 171 g/mol. The van der Waals surface area contributed by atoms with E-state index in [1.807, 2.05) is 13.8 Å². The molecular weight excluding hydrogens is 154 g/mol. The maximum absolute atomic E-state index is 11.2. The lowest BCUT2D eigenvalue weighted by atomic mass is 9.79. The van der Waals surface area contributed by atoms with Gasteiger partial charge in [-0.2, -0.15) is 0 Å². The van der Waals surface area contributed by atoms with Crippen LogP contribution in [0.25, 0.3) is 0 Å². The van der Waals surface area contributed by atoms with Crippen LogP contribution in [0, 0.1) is 5.41 Å². The predicted octanol–water partition coefficient (Wildman–Crippen LogP) is 1.63. The topological polar surface area (TPSA) is 38.3 Å². The highest BCUT2D eigenvalue weighted by atomic mass is 16.7. The third-order valence-corrected chi connectivity index (χ3v) is 1.98. The molecule has 0 aromatic carbocycles. The summed E-state index contributed by atoms with van der Waals surface area (Å²) in [4.78, 5) is 16.4. The van der Waals surface area contributed by atoms with Gasteiger partial charge >= 0.3 is 0 Å². The van der Waals surface area contributed by atoms with Crippen molar-refractivity contribution in [3.05, 3.63) is 0 Å². The van der Waals surface area contributed by atoms with Crippen molar-refractivity contribution >= 4 is 5.91 Å². The monoisotopic (exact) mass is 171 g/mol. The van der Waals surface area contributed by atoms with Crippen LogP contribution >= 0.6 is 0 Å². The first-order valence-electron chi connectivity index (χ1n) is 4.28. The van der Waals surface area contributed by atoms with Crippen LogP contribution in [0.4, 0.5) is 0 Å². The Balaban J connectivity index is 2.76. The van der Waals surface area contributed by atoms with Crippen LogP contribution < -0.4 is 5.48 Å². The Morgan fingerprint density at radius 1 is 1.33 bits per heavy atom. The first-order valence-corrected chi connectivity index (χ1v) is 4.28. The molecule has 0 spiro atoms. The lowest BCUT2D eigenvalue weighted by molar-refractivity contribution is -0.143. The van der Waals surface area contributed by atoms with E-state index in [1.165, 1.54) is 0 Å². The van der Waals surface area contributed by atoms with E-state index < -0.39 is 0 Å². The zero-order valence-electron chi connectivity index (χ0n) is 8.23. The van der Waals surface area contributed by atoms with Crippen LogP contribution in [0.1, 0.15) is 40.5 Å². The number of hydroxylamine groups is 1. The summed E-state index contributed by atoms with van der Waals surface area (Å²) in [5.41, 5.74) is 2.23. The van der Waals surface area contributed by atoms with Crippen molar-refractivity contribution in [3.8, 4) is 0 Å². The summed E-state index contributed by atoms with van der Waals surface area (Å²) in [5.74, 6) is -0.0226. The van der Waals surface area contributed by atoms with Gasteiger partial charge < -0.3 is 0 Å². The molecule has 1 fully saturated rings. The fraction of sp³-hybridized carbons (Fsp3) is 0.889. The maximum Gasteiger partial charge on any atom is 0.244 e. The highest BCUT2D eigenvalue weighted by molar-refractivity contribution is 5.75. The molecule has 3 nitrogen and oxygen atoms in total. The third-order valence-electron chi connectivity index (χ3n) is 1.98. The third kappa shape index (κ3) is 2.48. The SMILES string of the molecule is CC1(C)CC(=O)NOC(C)(C)C1. The largest absolute Gasteiger partial charge is 0.273 e. The van der Waals surface area contributed by atoms with Crippen molar-refractivity contribution in [2.24, 2.45) is 5.41 Å². The van der Waals surface area contributed by atoms with E-state index >= 15 is 0 Å². The zero-order chi connectivity index (χ0) is 9.41. The molecule has 1 N–H and O–H groups in total. The summed E-state index contributed by atoms with van der Waals surface area (Å²) < 4.78 is 0. The second kappa shape index (κ2) is 2.73. The van der Waals surface area contributed by atoms with Crippen molar-refractivity contribution in [2.75, 3.05) is 0 Å². The molecule has 0 aromatic rings. The Bertz CT molecular complexity index is 197. The van der Waals surface area contributed by atoms with Crippen LogP contribution in [0.2, 0.25) is 0 Å². The lowest BCUT2D eigenvalue weighted by Gasteiger charge is -2.29. The van der Waals surface area contributed by atoms with Gasteiger partial charge in [0.15, 0.2) is 0 Å².